The summed E-state index contributed by atoms with van der Waals surface area (Å²) in [5.41, 5.74) is 3.77. The lowest BCUT2D eigenvalue weighted by Crippen LogP contribution is -2.24. The summed E-state index contributed by atoms with van der Waals surface area (Å²) in [5.74, 6) is -0.0229. The van der Waals surface area contributed by atoms with E-state index >= 15 is 0 Å². The Hall–Kier alpha value is -1.88. The monoisotopic (exact) mass is 302 g/mol. The number of allylic oxidation sites excluding steroid dienone is 1. The van der Waals surface area contributed by atoms with Gasteiger partial charge < -0.3 is 10.4 Å². The quantitative estimate of drug-likeness (QED) is 0.821. The first kappa shape index (κ1) is 14.1. The summed E-state index contributed by atoms with van der Waals surface area (Å²) < 4.78 is 0. The minimum absolute atomic E-state index is 0.352. The van der Waals surface area contributed by atoms with Crippen molar-refractivity contribution in [2.75, 3.05) is 0 Å². The van der Waals surface area contributed by atoms with Gasteiger partial charge in [0.1, 0.15) is 15.7 Å². The highest BCUT2D eigenvalue weighted by Crippen LogP contribution is 2.41. The topological polar surface area (TPSA) is 61.7 Å². The molecule has 2 N–H and O–H groups in total. The van der Waals surface area contributed by atoms with Gasteiger partial charge in [-0.15, -0.1) is 11.3 Å². The predicted octanol–water partition coefficient (Wildman–Crippen LogP) is 4.25. The Labute approximate surface area is 127 Å². The van der Waals surface area contributed by atoms with Crippen LogP contribution in [0.1, 0.15) is 52.9 Å². The number of carboxylic acid groups (broad SMARTS) is 1. The van der Waals surface area contributed by atoms with Crippen LogP contribution in [0.3, 0.4) is 0 Å². The van der Waals surface area contributed by atoms with Crippen LogP contribution in [0.25, 0.3) is 5.70 Å². The van der Waals surface area contributed by atoms with E-state index in [1.165, 1.54) is 29.8 Å². The van der Waals surface area contributed by atoms with E-state index in [0.717, 1.165) is 46.9 Å². The van der Waals surface area contributed by atoms with Crippen molar-refractivity contribution in [3.63, 3.8) is 0 Å². The largest absolute Gasteiger partial charge is 0.477 e. The summed E-state index contributed by atoms with van der Waals surface area (Å²) in [5, 5.41) is 13.2. The molecule has 3 rings (SSSR count). The standard InChI is InChI=1S/C16H18N2O2S/c1-9-13-10(2)17-12(8-11-6-4-3-5-7-11)18-15(13)21-14(9)16(19)20/h6H,2-5,7-8H2,1H3,(H,17,18)(H,19,20). The third-order valence-corrected chi connectivity index (χ3v) is 5.11. The van der Waals surface area contributed by atoms with E-state index in [4.69, 9.17) is 0 Å². The van der Waals surface area contributed by atoms with Crippen LogP contribution in [0.4, 0.5) is 5.00 Å². The molecule has 1 aromatic rings. The van der Waals surface area contributed by atoms with Gasteiger partial charge in [-0.25, -0.2) is 9.79 Å². The molecule has 0 amide bonds. The van der Waals surface area contributed by atoms with Gasteiger partial charge in [0.2, 0.25) is 0 Å². The van der Waals surface area contributed by atoms with E-state index in [2.05, 4.69) is 23.0 Å². The number of aromatic carboxylic acids is 1. The molecular weight excluding hydrogens is 284 g/mol. The lowest BCUT2D eigenvalue weighted by molar-refractivity contribution is 0.0701. The van der Waals surface area contributed by atoms with Crippen molar-refractivity contribution in [2.24, 2.45) is 4.99 Å². The summed E-state index contributed by atoms with van der Waals surface area (Å²) in [7, 11) is 0. The molecule has 0 aromatic carbocycles. The number of rotatable bonds is 3. The maximum Gasteiger partial charge on any atom is 0.346 e. The Morgan fingerprint density at radius 3 is 3.00 bits per heavy atom. The Balaban J connectivity index is 1.92. The van der Waals surface area contributed by atoms with Crippen molar-refractivity contribution < 1.29 is 9.90 Å². The molecule has 2 aliphatic rings. The van der Waals surface area contributed by atoms with Gasteiger partial charge in [-0.3, -0.25) is 0 Å². The van der Waals surface area contributed by atoms with Crippen LogP contribution < -0.4 is 5.32 Å². The molecule has 0 saturated carbocycles. The Kier molecular flexibility index (Phi) is 3.68. The van der Waals surface area contributed by atoms with Gasteiger partial charge in [-0.05, 0) is 38.2 Å². The average molecular weight is 302 g/mol. The maximum atomic E-state index is 11.2. The average Bonchev–Trinajstić information content (AvgIpc) is 2.77. The zero-order valence-corrected chi connectivity index (χ0v) is 12.8. The van der Waals surface area contributed by atoms with Crippen molar-refractivity contribution in [1.29, 1.82) is 0 Å². The van der Waals surface area contributed by atoms with Crippen LogP contribution in [-0.4, -0.2) is 16.9 Å². The molecule has 0 spiro atoms. The number of hydrogen-bond acceptors (Lipinski definition) is 4. The zero-order chi connectivity index (χ0) is 15.0. The van der Waals surface area contributed by atoms with Crippen LogP contribution in [0.5, 0.6) is 0 Å². The van der Waals surface area contributed by atoms with Gasteiger partial charge in [0.15, 0.2) is 0 Å². The number of carbonyl (C=O) groups is 1. The van der Waals surface area contributed by atoms with Crippen LogP contribution in [-0.2, 0) is 0 Å². The highest BCUT2D eigenvalue weighted by atomic mass is 32.1. The number of nitrogens with zero attached hydrogens (tertiary/aromatic N) is 1. The summed E-state index contributed by atoms with van der Waals surface area (Å²) in [6.45, 7) is 5.85. The molecule has 1 aromatic heterocycles. The summed E-state index contributed by atoms with van der Waals surface area (Å²) in [6.07, 6.45) is 7.89. The van der Waals surface area contributed by atoms with Gasteiger partial charge in [-0.2, -0.15) is 0 Å². The summed E-state index contributed by atoms with van der Waals surface area (Å²) >= 11 is 1.23. The molecule has 110 valence electrons. The van der Waals surface area contributed by atoms with E-state index in [1.54, 1.807) is 0 Å². The van der Waals surface area contributed by atoms with Crippen LogP contribution in [0.15, 0.2) is 23.2 Å². The predicted molar refractivity (Wildman–Crippen MR) is 86.4 cm³/mol. The zero-order valence-electron chi connectivity index (χ0n) is 12.0. The lowest BCUT2D eigenvalue weighted by Gasteiger charge is -2.20. The SMILES string of the molecule is C=C1NC(CC2=CCCCC2)=Nc2sc(C(=O)O)c(C)c21. The number of nitrogens with one attached hydrogen (secondary N) is 1. The van der Waals surface area contributed by atoms with Crippen molar-refractivity contribution in [1.82, 2.24) is 5.32 Å². The molecule has 0 fully saturated rings. The fourth-order valence-electron chi connectivity index (χ4n) is 2.89. The van der Waals surface area contributed by atoms with Gasteiger partial charge in [0.25, 0.3) is 0 Å². The van der Waals surface area contributed by atoms with E-state index in [9.17, 15) is 9.90 Å². The first-order chi connectivity index (χ1) is 10.1. The highest BCUT2D eigenvalue weighted by molar-refractivity contribution is 7.18. The molecule has 0 saturated heterocycles. The van der Waals surface area contributed by atoms with Crippen LogP contribution in [0.2, 0.25) is 0 Å². The van der Waals surface area contributed by atoms with Gasteiger partial charge in [-0.1, -0.05) is 18.2 Å². The van der Waals surface area contributed by atoms with Crippen LogP contribution >= 0.6 is 11.3 Å². The second-order valence-corrected chi connectivity index (χ2v) is 6.49. The molecular formula is C16H18N2O2S. The second kappa shape index (κ2) is 5.48. The molecule has 2 heterocycles. The first-order valence-electron chi connectivity index (χ1n) is 7.14. The Bertz CT molecular complexity index is 683. The normalized spacial score (nSPS) is 17.7. The number of amidine groups is 1. The minimum Gasteiger partial charge on any atom is -0.477 e. The number of carboxylic acids is 1. The first-order valence-corrected chi connectivity index (χ1v) is 7.96. The van der Waals surface area contributed by atoms with E-state index in [0.29, 0.717) is 4.88 Å². The van der Waals surface area contributed by atoms with Crippen molar-refractivity contribution in [3.05, 3.63) is 34.2 Å². The second-order valence-electron chi connectivity index (χ2n) is 5.49. The van der Waals surface area contributed by atoms with Gasteiger partial charge in [0, 0.05) is 17.7 Å². The summed E-state index contributed by atoms with van der Waals surface area (Å²) in [4.78, 5) is 16.2. The smallest absolute Gasteiger partial charge is 0.346 e. The molecule has 0 unspecified atom stereocenters. The van der Waals surface area contributed by atoms with Gasteiger partial charge >= 0.3 is 5.97 Å². The summed E-state index contributed by atoms with van der Waals surface area (Å²) in [6, 6.07) is 0. The molecule has 1 aliphatic carbocycles. The molecule has 4 nitrogen and oxygen atoms in total. The molecule has 5 heteroatoms. The third kappa shape index (κ3) is 2.65. The fourth-order valence-corrected chi connectivity index (χ4v) is 3.96. The number of thiophene rings is 1. The minimum atomic E-state index is -0.897. The maximum absolute atomic E-state index is 11.2. The van der Waals surface area contributed by atoms with E-state index < -0.39 is 5.97 Å². The number of hydrogen-bond donors (Lipinski definition) is 2. The van der Waals surface area contributed by atoms with Crippen molar-refractivity contribution in [2.45, 2.75) is 39.0 Å². The Morgan fingerprint density at radius 1 is 1.52 bits per heavy atom. The van der Waals surface area contributed by atoms with E-state index in [-0.39, 0.29) is 0 Å². The van der Waals surface area contributed by atoms with Crippen molar-refractivity contribution in [3.8, 4) is 0 Å². The van der Waals surface area contributed by atoms with Crippen molar-refractivity contribution >= 4 is 33.8 Å². The fraction of sp³-hybridized carbons (Fsp3) is 0.375. The van der Waals surface area contributed by atoms with Crippen LogP contribution in [0, 0.1) is 6.92 Å². The number of fused-ring (bicyclic) bond motifs is 1. The molecule has 0 radical (unpaired) electrons. The third-order valence-electron chi connectivity index (χ3n) is 3.94. The highest BCUT2D eigenvalue weighted by Gasteiger charge is 2.25. The van der Waals surface area contributed by atoms with E-state index in [1.807, 2.05) is 6.92 Å². The molecule has 21 heavy (non-hydrogen) atoms. The van der Waals surface area contributed by atoms with Gasteiger partial charge in [0.05, 0.1) is 0 Å². The molecule has 0 bridgehead atoms. The lowest BCUT2D eigenvalue weighted by atomic mass is 9.96. The Morgan fingerprint density at radius 2 is 2.33 bits per heavy atom. The molecule has 0 atom stereocenters. The number of aliphatic imine (C=N–C) groups is 1. The molecule has 1 aliphatic heterocycles.